The van der Waals surface area contributed by atoms with Gasteiger partial charge in [-0.3, -0.25) is 14.2 Å². The number of ether oxygens (including phenoxy) is 1. The third-order valence-corrected chi connectivity index (χ3v) is 9.09. The van der Waals surface area contributed by atoms with Crippen LogP contribution in [0, 0.1) is 11.8 Å². The minimum absolute atomic E-state index is 0.0250. The van der Waals surface area contributed by atoms with Crippen LogP contribution < -0.4 is 32.7 Å². The van der Waals surface area contributed by atoms with Gasteiger partial charge in [-0.15, -0.1) is 0 Å². The van der Waals surface area contributed by atoms with Crippen molar-refractivity contribution in [3.63, 3.8) is 0 Å². The van der Waals surface area contributed by atoms with Crippen LogP contribution in [0.4, 0.5) is 10.6 Å². The summed E-state index contributed by atoms with van der Waals surface area (Å²) in [6.07, 6.45) is 4.00. The van der Waals surface area contributed by atoms with E-state index in [2.05, 4.69) is 38.1 Å². The summed E-state index contributed by atoms with van der Waals surface area (Å²) in [6, 6.07) is 0.323. The van der Waals surface area contributed by atoms with E-state index < -0.39 is 30.4 Å². The van der Waals surface area contributed by atoms with Gasteiger partial charge >= 0.3 is 11.7 Å². The van der Waals surface area contributed by atoms with Gasteiger partial charge < -0.3 is 47.1 Å². The van der Waals surface area contributed by atoms with Gasteiger partial charge in [0.15, 0.2) is 17.6 Å². The predicted octanol–water partition coefficient (Wildman–Crippen LogP) is -0.653. The number of nitrogen functional groups attached to an aromatic ring is 1. The van der Waals surface area contributed by atoms with E-state index in [1.807, 2.05) is 11.8 Å². The Morgan fingerprint density at radius 1 is 1.14 bits per heavy atom. The molecule has 4 heterocycles. The van der Waals surface area contributed by atoms with Crippen molar-refractivity contribution in [1.29, 1.82) is 0 Å². The maximum absolute atomic E-state index is 12.3. The number of hydrogen-bond acceptors (Lipinski definition) is 11. The van der Waals surface area contributed by atoms with Crippen LogP contribution in [0.3, 0.4) is 0 Å². The fourth-order valence-electron chi connectivity index (χ4n) is 5.21. The molecular weight excluding hydrogens is 594 g/mol. The zero-order chi connectivity index (χ0) is 31.6. The summed E-state index contributed by atoms with van der Waals surface area (Å²) in [4.78, 5) is 51.6. The molecule has 2 saturated heterocycles. The van der Waals surface area contributed by atoms with Crippen molar-refractivity contribution < 1.29 is 34.4 Å². The Morgan fingerprint density at radius 2 is 1.89 bits per heavy atom. The van der Waals surface area contributed by atoms with Crippen LogP contribution in [-0.4, -0.2) is 91.6 Å². The van der Waals surface area contributed by atoms with Crippen LogP contribution in [0.2, 0.25) is 0 Å². The maximum atomic E-state index is 12.3. The van der Waals surface area contributed by atoms with Gasteiger partial charge in [-0.2, -0.15) is 16.7 Å². The molecule has 4 amide bonds. The Labute approximate surface area is 258 Å². The number of amides is 4. The number of anilines is 1. The molecule has 16 heteroatoms. The van der Waals surface area contributed by atoms with Crippen molar-refractivity contribution >= 4 is 35.4 Å². The lowest BCUT2D eigenvalue weighted by Crippen LogP contribution is -2.36. The molecule has 4 rings (SSSR count). The number of nitrogens with two attached hydrogens (primary N) is 1. The second-order valence-electron chi connectivity index (χ2n) is 10.8. The van der Waals surface area contributed by atoms with E-state index in [0.29, 0.717) is 31.1 Å². The van der Waals surface area contributed by atoms with Crippen LogP contribution in [0.5, 0.6) is 0 Å². The van der Waals surface area contributed by atoms with Gasteiger partial charge in [0, 0.05) is 36.6 Å². The summed E-state index contributed by atoms with van der Waals surface area (Å²) in [5, 5.41) is 41.1. The smallest absolute Gasteiger partial charge is 0.352 e. The van der Waals surface area contributed by atoms with E-state index in [0.717, 1.165) is 42.4 Å². The van der Waals surface area contributed by atoms with Crippen LogP contribution in [0.1, 0.15) is 63.2 Å². The van der Waals surface area contributed by atoms with Crippen molar-refractivity contribution in [3.05, 3.63) is 33.8 Å². The van der Waals surface area contributed by atoms with E-state index in [1.165, 1.54) is 6.20 Å². The van der Waals surface area contributed by atoms with Gasteiger partial charge in [0.1, 0.15) is 12.4 Å². The number of rotatable bonds is 14. The van der Waals surface area contributed by atoms with Crippen molar-refractivity contribution in [2.75, 3.05) is 31.2 Å². The first-order valence-corrected chi connectivity index (χ1v) is 15.7. The first-order valence-electron chi connectivity index (χ1n) is 14.6. The van der Waals surface area contributed by atoms with Gasteiger partial charge in [-0.1, -0.05) is 24.7 Å². The molecular formula is C28H39N7O8S. The quantitative estimate of drug-likeness (QED) is 0.0729. The number of nitrogens with one attached hydrogen (secondary N) is 4. The molecule has 1 aromatic rings. The minimum Gasteiger partial charge on any atom is -0.506 e. The molecule has 240 valence electrons. The number of nitrogens with zero attached hydrogens (tertiary/aromatic N) is 2. The van der Waals surface area contributed by atoms with E-state index in [4.69, 9.17) is 10.5 Å². The first kappa shape index (κ1) is 33.0. The summed E-state index contributed by atoms with van der Waals surface area (Å²) in [5.74, 6) is 5.23. The number of thioether (sulfide) groups is 1. The number of aliphatic hydroxyl groups is 3. The molecule has 5 atom stereocenters. The van der Waals surface area contributed by atoms with Crippen LogP contribution in [0.25, 0.3) is 0 Å². The topological polar surface area (TPSA) is 230 Å². The summed E-state index contributed by atoms with van der Waals surface area (Å²) in [7, 11) is 0. The largest absolute Gasteiger partial charge is 0.506 e. The average molecular weight is 634 g/mol. The predicted molar refractivity (Wildman–Crippen MR) is 161 cm³/mol. The molecule has 1 aromatic heterocycles. The van der Waals surface area contributed by atoms with Gasteiger partial charge in [-0.25, -0.2) is 9.59 Å². The number of unbranched alkanes of at least 4 members (excludes halogenated alkanes) is 3. The SMILES string of the molecule is Nc1nc(=O)n([C@@H]2OC(CO)=C(O)C2O)cc1C#CCNC(=O)CCCCCNC(=O)CCCC[C@@H]1SCC2NC(=O)N[C@@H]21. The molecule has 44 heavy (non-hydrogen) atoms. The van der Waals surface area contributed by atoms with Crippen LogP contribution in [-0.2, 0) is 14.3 Å². The third kappa shape index (κ3) is 8.58. The molecule has 0 spiro atoms. The van der Waals surface area contributed by atoms with E-state index in [9.17, 15) is 34.5 Å². The highest BCUT2D eigenvalue weighted by atomic mass is 32.2. The lowest BCUT2D eigenvalue weighted by molar-refractivity contribution is -0.122. The molecule has 0 aromatic carbocycles. The van der Waals surface area contributed by atoms with Gasteiger partial charge in [0.25, 0.3) is 0 Å². The molecule has 0 radical (unpaired) electrons. The number of fused-ring (bicyclic) bond motifs is 1. The zero-order valence-corrected chi connectivity index (χ0v) is 25.0. The molecule has 3 aliphatic heterocycles. The van der Waals surface area contributed by atoms with Crippen LogP contribution >= 0.6 is 11.8 Å². The average Bonchev–Trinajstić information content (AvgIpc) is 3.64. The lowest BCUT2D eigenvalue weighted by atomic mass is 10.0. The molecule has 2 fully saturated rings. The molecule has 3 aliphatic rings. The van der Waals surface area contributed by atoms with Crippen LogP contribution in [0.15, 0.2) is 22.5 Å². The number of urea groups is 1. The molecule has 15 nitrogen and oxygen atoms in total. The number of carbonyl (C=O) groups excluding carboxylic acids is 3. The van der Waals surface area contributed by atoms with Gasteiger partial charge in [0.05, 0.1) is 24.2 Å². The summed E-state index contributed by atoms with van der Waals surface area (Å²) < 4.78 is 6.16. The highest BCUT2D eigenvalue weighted by Crippen LogP contribution is 2.33. The Kier molecular flexibility index (Phi) is 11.8. The van der Waals surface area contributed by atoms with Crippen molar-refractivity contribution in [2.24, 2.45) is 0 Å². The van der Waals surface area contributed by atoms with E-state index >= 15 is 0 Å². The number of aromatic nitrogens is 2. The third-order valence-electron chi connectivity index (χ3n) is 7.58. The zero-order valence-electron chi connectivity index (χ0n) is 24.2. The van der Waals surface area contributed by atoms with Crippen molar-refractivity contribution in [1.82, 2.24) is 30.8 Å². The van der Waals surface area contributed by atoms with Crippen molar-refractivity contribution in [3.8, 4) is 11.8 Å². The first-order chi connectivity index (χ1) is 21.2. The van der Waals surface area contributed by atoms with Gasteiger partial charge in [0.2, 0.25) is 18.0 Å². The second kappa shape index (κ2) is 15.7. The fourth-order valence-corrected chi connectivity index (χ4v) is 6.75. The standard InChI is InChI=1S/C28H39N7O8S/c29-25-16(13-35(28(42)34-25)26-24(40)23(39)18(14-36)43-26)7-6-12-31-20(37)9-2-1-5-11-30-21(38)10-4-3-8-19-22-17(15-44-19)32-27(41)33-22/h13,17,19,22,24,26,36,39-40H,1-5,8-12,14-15H2,(H,30,38)(H,31,37)(H2,29,34,42)(H2,32,33,41)/t17?,19-,22-,24?,26+/m0/s1. The van der Waals surface area contributed by atoms with Gasteiger partial charge in [-0.05, 0) is 25.7 Å². The molecule has 0 bridgehead atoms. The Bertz CT molecular complexity index is 1370. The molecule has 0 saturated carbocycles. The number of carbonyl (C=O) groups is 3. The molecule has 9 N–H and O–H groups in total. The molecule has 2 unspecified atom stereocenters. The highest BCUT2D eigenvalue weighted by molar-refractivity contribution is 8.00. The Morgan fingerprint density at radius 3 is 2.64 bits per heavy atom. The number of hydrogen-bond donors (Lipinski definition) is 8. The minimum atomic E-state index is -1.58. The summed E-state index contributed by atoms with van der Waals surface area (Å²) in [6.45, 7) is -0.0772. The summed E-state index contributed by atoms with van der Waals surface area (Å²) in [5.41, 5.74) is 5.09. The summed E-state index contributed by atoms with van der Waals surface area (Å²) >= 11 is 1.87. The maximum Gasteiger partial charge on any atom is 0.352 e. The lowest BCUT2D eigenvalue weighted by Gasteiger charge is -2.18. The second-order valence-corrected chi connectivity index (χ2v) is 12.0. The normalized spacial score (nSPS) is 23.7. The Hall–Kier alpha value is -3.94. The monoisotopic (exact) mass is 633 g/mol. The Balaban J connectivity index is 1.05. The van der Waals surface area contributed by atoms with E-state index in [1.54, 1.807) is 0 Å². The highest BCUT2D eigenvalue weighted by Gasteiger charge is 2.42. The van der Waals surface area contributed by atoms with E-state index in [-0.39, 0.29) is 53.6 Å². The van der Waals surface area contributed by atoms with Crippen molar-refractivity contribution in [2.45, 2.75) is 81.0 Å². The molecule has 0 aliphatic carbocycles. The number of aliphatic hydroxyl groups excluding tert-OH is 3. The fraction of sp³-hybridized carbons (Fsp3) is 0.607.